The third-order valence-corrected chi connectivity index (χ3v) is 3.62. The smallest absolute Gasteiger partial charge is 0.269 e. The lowest BCUT2D eigenvalue weighted by atomic mass is 10.1. The lowest BCUT2D eigenvalue weighted by molar-refractivity contribution is -0.384. The molecule has 0 amide bonds. The molecule has 2 rings (SSSR count). The highest BCUT2D eigenvalue weighted by molar-refractivity contribution is 5.53. The molecule has 4 heteroatoms. The summed E-state index contributed by atoms with van der Waals surface area (Å²) >= 11 is 0. The Labute approximate surface area is 137 Å². The lowest BCUT2D eigenvalue weighted by Crippen LogP contribution is -2.16. The van der Waals surface area contributed by atoms with Gasteiger partial charge in [-0.05, 0) is 24.1 Å². The van der Waals surface area contributed by atoms with Crippen LogP contribution in [0.1, 0.15) is 31.7 Å². The molecule has 120 valence electrons. The molecule has 23 heavy (non-hydrogen) atoms. The number of hydrogen-bond donors (Lipinski definition) is 1. The first-order chi connectivity index (χ1) is 11.2. The first-order valence-corrected chi connectivity index (χ1v) is 7.93. The molecule has 0 radical (unpaired) electrons. The largest absolute Gasteiger partial charge is 0.379 e. The van der Waals surface area contributed by atoms with Crippen LogP contribution in [0.15, 0.2) is 60.7 Å². The van der Waals surface area contributed by atoms with Crippen molar-refractivity contribution in [2.75, 3.05) is 5.32 Å². The zero-order chi connectivity index (χ0) is 16.5. The van der Waals surface area contributed by atoms with E-state index in [4.69, 9.17) is 0 Å². The standard InChI is InChI=1S/C19H22N2O2/c1-2-3-9-17(11-10-16-7-5-4-6-8-16)20-18-12-14-19(15-13-18)21(22)23/h4-8,10-15,17,20H,2-3,9H2,1H3/b11-10+. The zero-order valence-electron chi connectivity index (χ0n) is 13.3. The van der Waals surface area contributed by atoms with Crippen molar-refractivity contribution in [3.63, 3.8) is 0 Å². The number of hydrogen-bond acceptors (Lipinski definition) is 3. The number of nitrogens with zero attached hydrogens (tertiary/aromatic N) is 1. The van der Waals surface area contributed by atoms with Crippen LogP contribution in [0.2, 0.25) is 0 Å². The molecule has 0 heterocycles. The zero-order valence-corrected chi connectivity index (χ0v) is 13.3. The van der Waals surface area contributed by atoms with Crippen molar-refractivity contribution in [1.82, 2.24) is 0 Å². The monoisotopic (exact) mass is 310 g/mol. The van der Waals surface area contributed by atoms with Gasteiger partial charge in [-0.3, -0.25) is 10.1 Å². The van der Waals surface area contributed by atoms with Crippen LogP contribution >= 0.6 is 0 Å². The molecule has 1 unspecified atom stereocenters. The van der Waals surface area contributed by atoms with E-state index in [2.05, 4.69) is 36.5 Å². The van der Waals surface area contributed by atoms with E-state index in [-0.39, 0.29) is 16.7 Å². The summed E-state index contributed by atoms with van der Waals surface area (Å²) in [4.78, 5) is 10.3. The average Bonchev–Trinajstić information content (AvgIpc) is 2.58. The van der Waals surface area contributed by atoms with Gasteiger partial charge in [-0.15, -0.1) is 0 Å². The Hall–Kier alpha value is -2.62. The van der Waals surface area contributed by atoms with Gasteiger partial charge in [-0.2, -0.15) is 0 Å². The van der Waals surface area contributed by atoms with Gasteiger partial charge >= 0.3 is 0 Å². The summed E-state index contributed by atoms with van der Waals surface area (Å²) in [6, 6.07) is 17.0. The maximum absolute atomic E-state index is 10.7. The second kappa shape index (κ2) is 8.73. The molecular formula is C19H22N2O2. The van der Waals surface area contributed by atoms with Gasteiger partial charge in [0.25, 0.3) is 5.69 Å². The minimum atomic E-state index is -0.381. The van der Waals surface area contributed by atoms with Crippen molar-refractivity contribution in [3.8, 4) is 0 Å². The van der Waals surface area contributed by atoms with Gasteiger partial charge in [-0.25, -0.2) is 0 Å². The predicted molar refractivity (Wildman–Crippen MR) is 95.5 cm³/mol. The Kier molecular flexibility index (Phi) is 6.36. The van der Waals surface area contributed by atoms with E-state index < -0.39 is 0 Å². The number of nitro groups is 1. The lowest BCUT2D eigenvalue weighted by Gasteiger charge is -2.16. The van der Waals surface area contributed by atoms with Crippen LogP contribution in [-0.4, -0.2) is 11.0 Å². The highest BCUT2D eigenvalue weighted by atomic mass is 16.6. The molecule has 0 bridgehead atoms. The highest BCUT2D eigenvalue weighted by Crippen LogP contribution is 2.18. The summed E-state index contributed by atoms with van der Waals surface area (Å²) in [7, 11) is 0. The molecule has 0 aliphatic heterocycles. The van der Waals surface area contributed by atoms with Crippen molar-refractivity contribution in [1.29, 1.82) is 0 Å². The second-order valence-electron chi connectivity index (χ2n) is 5.47. The Morgan fingerprint density at radius 2 is 1.83 bits per heavy atom. The molecule has 0 saturated heterocycles. The number of non-ortho nitro benzene ring substituents is 1. The molecular weight excluding hydrogens is 288 g/mol. The molecule has 0 saturated carbocycles. The van der Waals surface area contributed by atoms with E-state index >= 15 is 0 Å². The van der Waals surface area contributed by atoms with Gasteiger partial charge in [0.15, 0.2) is 0 Å². The maximum Gasteiger partial charge on any atom is 0.269 e. The van der Waals surface area contributed by atoms with E-state index in [9.17, 15) is 10.1 Å². The van der Waals surface area contributed by atoms with Gasteiger partial charge in [-0.1, -0.05) is 62.2 Å². The third kappa shape index (κ3) is 5.58. The average molecular weight is 310 g/mol. The van der Waals surface area contributed by atoms with Crippen LogP contribution in [0, 0.1) is 10.1 Å². The van der Waals surface area contributed by atoms with E-state index in [0.29, 0.717) is 0 Å². The Morgan fingerprint density at radius 3 is 2.43 bits per heavy atom. The first kappa shape index (κ1) is 16.7. The normalized spacial score (nSPS) is 12.2. The summed E-state index contributed by atoms with van der Waals surface area (Å²) in [6.07, 6.45) is 7.56. The summed E-state index contributed by atoms with van der Waals surface area (Å²) in [5.41, 5.74) is 2.18. The van der Waals surface area contributed by atoms with Gasteiger partial charge in [0.2, 0.25) is 0 Å². The minimum absolute atomic E-state index is 0.112. The van der Waals surface area contributed by atoms with Crippen LogP contribution in [-0.2, 0) is 0 Å². The Balaban J connectivity index is 2.05. The number of rotatable bonds is 8. The molecule has 1 N–H and O–H groups in total. The maximum atomic E-state index is 10.7. The van der Waals surface area contributed by atoms with Crippen LogP contribution in [0.4, 0.5) is 11.4 Å². The third-order valence-electron chi connectivity index (χ3n) is 3.62. The van der Waals surface area contributed by atoms with Crippen molar-refractivity contribution in [2.45, 2.75) is 32.2 Å². The van der Waals surface area contributed by atoms with Gasteiger partial charge in [0.05, 0.1) is 4.92 Å². The van der Waals surface area contributed by atoms with Crippen molar-refractivity contribution in [3.05, 3.63) is 76.4 Å². The highest BCUT2D eigenvalue weighted by Gasteiger charge is 2.07. The van der Waals surface area contributed by atoms with Crippen LogP contribution in [0.5, 0.6) is 0 Å². The van der Waals surface area contributed by atoms with Crippen LogP contribution in [0.25, 0.3) is 6.08 Å². The summed E-state index contributed by atoms with van der Waals surface area (Å²) < 4.78 is 0. The van der Waals surface area contributed by atoms with E-state index in [1.807, 2.05) is 18.2 Å². The Bertz CT molecular complexity index is 636. The fraction of sp³-hybridized carbons (Fsp3) is 0.263. The molecule has 2 aromatic rings. The van der Waals surface area contributed by atoms with E-state index in [1.54, 1.807) is 12.1 Å². The molecule has 0 aliphatic rings. The van der Waals surface area contributed by atoms with Gasteiger partial charge in [0.1, 0.15) is 0 Å². The van der Waals surface area contributed by atoms with Crippen molar-refractivity contribution in [2.24, 2.45) is 0 Å². The molecule has 0 fully saturated rings. The second-order valence-corrected chi connectivity index (χ2v) is 5.47. The van der Waals surface area contributed by atoms with E-state index in [0.717, 1.165) is 24.9 Å². The van der Waals surface area contributed by atoms with Crippen LogP contribution in [0.3, 0.4) is 0 Å². The minimum Gasteiger partial charge on any atom is -0.379 e. The first-order valence-electron chi connectivity index (χ1n) is 7.93. The topological polar surface area (TPSA) is 55.2 Å². The fourth-order valence-corrected chi connectivity index (χ4v) is 2.33. The molecule has 0 spiro atoms. The number of nitrogens with one attached hydrogen (secondary N) is 1. The van der Waals surface area contributed by atoms with Crippen molar-refractivity contribution >= 4 is 17.5 Å². The summed E-state index contributed by atoms with van der Waals surface area (Å²) in [5, 5.41) is 14.1. The van der Waals surface area contributed by atoms with Crippen molar-refractivity contribution < 1.29 is 4.92 Å². The number of benzene rings is 2. The molecule has 2 aromatic carbocycles. The quantitative estimate of drug-likeness (QED) is 0.533. The predicted octanol–water partition coefficient (Wildman–Crippen LogP) is 5.28. The molecule has 0 aromatic heterocycles. The van der Waals surface area contributed by atoms with Gasteiger partial charge < -0.3 is 5.32 Å². The summed E-state index contributed by atoms with van der Waals surface area (Å²) in [6.45, 7) is 2.17. The summed E-state index contributed by atoms with van der Waals surface area (Å²) in [5.74, 6) is 0. The molecule has 4 nitrogen and oxygen atoms in total. The molecule has 1 atom stereocenters. The van der Waals surface area contributed by atoms with Gasteiger partial charge in [0, 0.05) is 23.9 Å². The number of unbranched alkanes of at least 4 members (excludes halogenated alkanes) is 1. The molecule has 0 aliphatic carbocycles. The van der Waals surface area contributed by atoms with Crippen LogP contribution < -0.4 is 5.32 Å². The van der Waals surface area contributed by atoms with E-state index in [1.165, 1.54) is 17.7 Å². The number of nitro benzene ring substituents is 1. The number of anilines is 1. The Morgan fingerprint density at radius 1 is 1.13 bits per heavy atom. The fourth-order valence-electron chi connectivity index (χ4n) is 2.33. The SMILES string of the molecule is CCCCC(/C=C/c1ccccc1)Nc1ccc([N+](=O)[O-])cc1.